The first-order valence-corrected chi connectivity index (χ1v) is 8.54. The molecular formula is C17H15FN2O4S. The van der Waals surface area contributed by atoms with Crippen LogP contribution in [0, 0.1) is 15.9 Å². The van der Waals surface area contributed by atoms with E-state index in [2.05, 4.69) is 5.32 Å². The maximum Gasteiger partial charge on any atom is 0.311 e. The predicted molar refractivity (Wildman–Crippen MR) is 91.6 cm³/mol. The molecule has 3 rings (SSSR count). The average Bonchev–Trinajstić information content (AvgIpc) is 2.62. The fourth-order valence-corrected chi connectivity index (χ4v) is 3.89. The van der Waals surface area contributed by atoms with E-state index in [4.69, 9.17) is 4.74 Å². The number of nitrogens with zero attached hydrogens (tertiary/aromatic N) is 1. The number of methoxy groups -OCH3 is 1. The fourth-order valence-electron chi connectivity index (χ4n) is 2.75. The van der Waals surface area contributed by atoms with Crippen molar-refractivity contribution in [2.24, 2.45) is 0 Å². The van der Waals surface area contributed by atoms with E-state index in [-0.39, 0.29) is 28.9 Å². The summed E-state index contributed by atoms with van der Waals surface area (Å²) in [6.07, 6.45) is 0.658. The maximum absolute atomic E-state index is 13.9. The highest BCUT2D eigenvalue weighted by Crippen LogP contribution is 2.38. The van der Waals surface area contributed by atoms with Gasteiger partial charge in [0.25, 0.3) is 5.91 Å². The van der Waals surface area contributed by atoms with E-state index in [0.29, 0.717) is 17.1 Å². The molecule has 6 nitrogen and oxygen atoms in total. The van der Waals surface area contributed by atoms with Gasteiger partial charge in [0.1, 0.15) is 5.82 Å². The molecule has 0 aliphatic carbocycles. The van der Waals surface area contributed by atoms with Crippen LogP contribution in [0.1, 0.15) is 28.4 Å². The van der Waals surface area contributed by atoms with E-state index in [9.17, 15) is 19.3 Å². The van der Waals surface area contributed by atoms with Gasteiger partial charge in [0, 0.05) is 22.3 Å². The third kappa shape index (κ3) is 3.43. The van der Waals surface area contributed by atoms with Crippen molar-refractivity contribution < 1.29 is 18.8 Å². The average molecular weight is 362 g/mol. The molecule has 0 fully saturated rings. The number of carbonyl (C=O) groups excluding carboxylic acids is 1. The number of benzene rings is 2. The summed E-state index contributed by atoms with van der Waals surface area (Å²) in [5.41, 5.74) is 0.608. The van der Waals surface area contributed by atoms with Crippen LogP contribution in [-0.4, -0.2) is 23.7 Å². The lowest BCUT2D eigenvalue weighted by Gasteiger charge is -2.26. The molecule has 1 atom stereocenters. The van der Waals surface area contributed by atoms with Gasteiger partial charge in [0.15, 0.2) is 5.75 Å². The van der Waals surface area contributed by atoms with Gasteiger partial charge in [0.05, 0.1) is 18.1 Å². The number of ether oxygens (including phenoxy) is 1. The standard InChI is InChI=1S/C17H15FN2O4S/c1-24-15-6-5-10(9-14(15)20(22)23)17(21)19-13-7-8-25-16-11(13)3-2-4-12(16)18/h2-6,9,13H,7-8H2,1H3,(H,19,21). The molecule has 0 radical (unpaired) electrons. The zero-order valence-electron chi connectivity index (χ0n) is 13.3. The van der Waals surface area contributed by atoms with Crippen LogP contribution >= 0.6 is 11.8 Å². The molecule has 1 aliphatic heterocycles. The Balaban J connectivity index is 1.86. The molecule has 2 aromatic carbocycles. The Bertz CT molecular complexity index is 843. The summed E-state index contributed by atoms with van der Waals surface area (Å²) in [6.45, 7) is 0. The molecule has 0 saturated heterocycles. The van der Waals surface area contributed by atoms with Crippen molar-refractivity contribution in [3.8, 4) is 5.75 Å². The summed E-state index contributed by atoms with van der Waals surface area (Å²) in [4.78, 5) is 23.5. The molecule has 0 spiro atoms. The highest BCUT2D eigenvalue weighted by atomic mass is 32.2. The smallest absolute Gasteiger partial charge is 0.311 e. The summed E-state index contributed by atoms with van der Waals surface area (Å²) in [5, 5.41) is 13.9. The van der Waals surface area contributed by atoms with Crippen LogP contribution in [0.2, 0.25) is 0 Å². The van der Waals surface area contributed by atoms with Gasteiger partial charge in [-0.2, -0.15) is 0 Å². The van der Waals surface area contributed by atoms with Crippen molar-refractivity contribution in [2.75, 3.05) is 12.9 Å². The first kappa shape index (κ1) is 17.2. The van der Waals surface area contributed by atoms with E-state index in [1.807, 2.05) is 0 Å². The van der Waals surface area contributed by atoms with Crippen molar-refractivity contribution in [3.63, 3.8) is 0 Å². The Kier molecular flexibility index (Phi) is 4.89. The second-order valence-corrected chi connectivity index (χ2v) is 6.57. The zero-order chi connectivity index (χ0) is 18.0. The molecule has 0 bridgehead atoms. The van der Waals surface area contributed by atoms with E-state index in [0.717, 1.165) is 5.56 Å². The van der Waals surface area contributed by atoms with Crippen LogP contribution in [-0.2, 0) is 0 Å². The van der Waals surface area contributed by atoms with Crippen LogP contribution in [0.25, 0.3) is 0 Å². The van der Waals surface area contributed by atoms with Gasteiger partial charge in [0.2, 0.25) is 0 Å². The van der Waals surface area contributed by atoms with Gasteiger partial charge in [-0.1, -0.05) is 12.1 Å². The number of rotatable bonds is 4. The summed E-state index contributed by atoms with van der Waals surface area (Å²) < 4.78 is 18.8. The van der Waals surface area contributed by atoms with Gasteiger partial charge < -0.3 is 10.1 Å². The molecule has 1 heterocycles. The third-order valence-electron chi connectivity index (χ3n) is 3.97. The molecule has 1 unspecified atom stereocenters. The number of carbonyl (C=O) groups is 1. The van der Waals surface area contributed by atoms with Gasteiger partial charge in [-0.05, 0) is 30.2 Å². The Morgan fingerprint density at radius 3 is 2.92 bits per heavy atom. The van der Waals surface area contributed by atoms with Crippen molar-refractivity contribution in [1.29, 1.82) is 0 Å². The number of amides is 1. The Morgan fingerprint density at radius 2 is 2.20 bits per heavy atom. The highest BCUT2D eigenvalue weighted by Gasteiger charge is 2.26. The topological polar surface area (TPSA) is 81.5 Å². The molecule has 1 amide bonds. The first-order chi connectivity index (χ1) is 12.0. The third-order valence-corrected chi connectivity index (χ3v) is 5.13. The van der Waals surface area contributed by atoms with E-state index in [1.54, 1.807) is 12.1 Å². The normalized spacial score (nSPS) is 16.0. The quantitative estimate of drug-likeness (QED) is 0.662. The van der Waals surface area contributed by atoms with Crippen LogP contribution in [0.5, 0.6) is 5.75 Å². The number of nitrogens with one attached hydrogen (secondary N) is 1. The highest BCUT2D eigenvalue weighted by molar-refractivity contribution is 7.99. The first-order valence-electron chi connectivity index (χ1n) is 7.55. The summed E-state index contributed by atoms with van der Waals surface area (Å²) >= 11 is 1.42. The number of nitro groups is 1. The number of nitro benzene ring substituents is 1. The molecule has 1 N–H and O–H groups in total. The van der Waals surface area contributed by atoms with Crippen LogP contribution in [0.4, 0.5) is 10.1 Å². The molecule has 0 saturated carbocycles. The fraction of sp³-hybridized carbons (Fsp3) is 0.235. The number of hydrogen-bond donors (Lipinski definition) is 1. The van der Waals surface area contributed by atoms with Crippen LogP contribution < -0.4 is 10.1 Å². The Morgan fingerprint density at radius 1 is 1.40 bits per heavy atom. The molecule has 0 aromatic heterocycles. The van der Waals surface area contributed by atoms with Crippen molar-refractivity contribution >= 4 is 23.4 Å². The minimum atomic E-state index is -0.600. The molecule has 25 heavy (non-hydrogen) atoms. The number of halogens is 1. The lowest BCUT2D eigenvalue weighted by atomic mass is 10.0. The van der Waals surface area contributed by atoms with Crippen molar-refractivity contribution in [2.45, 2.75) is 17.4 Å². The number of hydrogen-bond acceptors (Lipinski definition) is 5. The molecule has 8 heteroatoms. The SMILES string of the molecule is COc1ccc(C(=O)NC2CCSc3c(F)cccc32)cc1[N+](=O)[O-]. The molecule has 1 aliphatic rings. The Hall–Kier alpha value is -2.61. The lowest BCUT2D eigenvalue weighted by Crippen LogP contribution is -2.30. The van der Waals surface area contributed by atoms with Crippen molar-refractivity contribution in [3.05, 3.63) is 63.5 Å². The Labute approximate surface area is 147 Å². The number of fused-ring (bicyclic) bond motifs is 1. The minimum absolute atomic E-state index is 0.0861. The largest absolute Gasteiger partial charge is 0.490 e. The van der Waals surface area contributed by atoms with E-state index >= 15 is 0 Å². The molecular weight excluding hydrogens is 347 g/mol. The number of thioether (sulfide) groups is 1. The van der Waals surface area contributed by atoms with Crippen LogP contribution in [0.3, 0.4) is 0 Å². The zero-order valence-corrected chi connectivity index (χ0v) is 14.1. The van der Waals surface area contributed by atoms with Gasteiger partial charge in [-0.15, -0.1) is 11.8 Å². The maximum atomic E-state index is 13.9. The molecule has 130 valence electrons. The van der Waals surface area contributed by atoms with E-state index in [1.165, 1.54) is 43.1 Å². The minimum Gasteiger partial charge on any atom is -0.490 e. The summed E-state index contributed by atoms with van der Waals surface area (Å²) in [5.74, 6) is 0.0178. The molecule has 2 aromatic rings. The second-order valence-electron chi connectivity index (χ2n) is 5.47. The van der Waals surface area contributed by atoms with Gasteiger partial charge in [-0.3, -0.25) is 14.9 Å². The lowest BCUT2D eigenvalue weighted by molar-refractivity contribution is -0.385. The summed E-state index contributed by atoms with van der Waals surface area (Å²) in [7, 11) is 1.33. The summed E-state index contributed by atoms with van der Waals surface area (Å²) in [6, 6.07) is 8.48. The predicted octanol–water partition coefficient (Wildman–Crippen LogP) is 3.71. The van der Waals surface area contributed by atoms with Crippen LogP contribution in [0.15, 0.2) is 41.3 Å². The van der Waals surface area contributed by atoms with Gasteiger partial charge >= 0.3 is 5.69 Å². The van der Waals surface area contributed by atoms with E-state index < -0.39 is 10.8 Å². The monoisotopic (exact) mass is 362 g/mol. The second kappa shape index (κ2) is 7.10. The van der Waals surface area contributed by atoms with Gasteiger partial charge in [-0.25, -0.2) is 4.39 Å². The van der Waals surface area contributed by atoms with Crippen molar-refractivity contribution in [1.82, 2.24) is 5.32 Å².